The van der Waals surface area contributed by atoms with Gasteiger partial charge in [0.2, 0.25) is 53.2 Å². The Morgan fingerprint density at radius 1 is 0.789 bits per heavy atom. The maximum Gasteiger partial charge on any atom is 0.246 e. The average molecular weight is 1610 g/mol. The van der Waals surface area contributed by atoms with Crippen molar-refractivity contribution in [2.75, 3.05) is 117 Å². The van der Waals surface area contributed by atoms with E-state index < -0.39 is 137 Å². The van der Waals surface area contributed by atoms with Gasteiger partial charge in [-0.15, -0.1) is 5.10 Å². The minimum atomic E-state index is -1.76. The molecule has 114 heavy (non-hydrogen) atoms. The van der Waals surface area contributed by atoms with Crippen LogP contribution in [0.25, 0.3) is 5.69 Å². The molecular weight excluding hydrogens is 1500 g/mol. The fraction of sp³-hybridized carbons (Fsp3) is 0.537. The van der Waals surface area contributed by atoms with Gasteiger partial charge >= 0.3 is 0 Å². The highest BCUT2D eigenvalue weighted by atomic mass is 32.2. The summed E-state index contributed by atoms with van der Waals surface area (Å²) in [5, 5.41) is 40.8. The summed E-state index contributed by atoms with van der Waals surface area (Å²) >= 11 is 3.02. The van der Waals surface area contributed by atoms with E-state index in [9.17, 15) is 29.1 Å². The van der Waals surface area contributed by atoms with Crippen molar-refractivity contribution in [3.63, 3.8) is 0 Å². The van der Waals surface area contributed by atoms with Gasteiger partial charge in [0.15, 0.2) is 5.78 Å². The summed E-state index contributed by atoms with van der Waals surface area (Å²) in [6.07, 6.45) is 3.03. The molecular formula is C82H108FN14O15S2+. The fourth-order valence-electron chi connectivity index (χ4n) is 15.3. The number of aliphatic hydroxyl groups excluding tert-OH is 1. The number of nitrogens with zero attached hydrogens (tertiary/aromatic N) is 7. The Labute approximate surface area is 673 Å². The Balaban J connectivity index is 0.979. The first-order valence-electron chi connectivity index (χ1n) is 39.2. The number of benzene rings is 4. The molecule has 0 spiro atoms. The fourth-order valence-corrected chi connectivity index (χ4v) is 17.0. The average Bonchev–Trinajstić information content (AvgIpc) is 1.54. The summed E-state index contributed by atoms with van der Waals surface area (Å²) in [6.45, 7) is 6.60. The lowest BCUT2D eigenvalue weighted by atomic mass is 9.84. The first-order valence-corrected chi connectivity index (χ1v) is 41.6. The minimum absolute atomic E-state index is 0.0326. The van der Waals surface area contributed by atoms with Gasteiger partial charge in [0.05, 0.1) is 98.0 Å². The number of nitrogens with one attached hydrogen (secondary N) is 7. The minimum Gasteiger partial charge on any atom is -0.497 e. The van der Waals surface area contributed by atoms with Gasteiger partial charge in [0.1, 0.15) is 59.6 Å². The third-order valence-corrected chi connectivity index (χ3v) is 23.7. The Kier molecular flexibility index (Phi) is 29.9. The zero-order valence-electron chi connectivity index (χ0n) is 66.0. The van der Waals surface area contributed by atoms with Crippen LogP contribution in [-0.4, -0.2) is 259 Å². The summed E-state index contributed by atoms with van der Waals surface area (Å²) in [5.74, 6) is -7.12. The second-order valence-electron chi connectivity index (χ2n) is 31.4. The van der Waals surface area contributed by atoms with Crippen molar-refractivity contribution in [3.8, 4) is 11.4 Å². The monoisotopic (exact) mass is 1610 g/mol. The molecule has 11 atom stereocenters. The normalized spacial score (nSPS) is 25.6. The molecule has 0 radical (unpaired) electrons. The number of likely N-dealkylation sites (N-methyl/N-ethyl adjacent to an activating group) is 1. The van der Waals surface area contributed by atoms with Gasteiger partial charge in [0.25, 0.3) is 0 Å². The number of halogens is 1. The molecule has 29 nitrogen and oxygen atoms in total. The third-order valence-electron chi connectivity index (χ3n) is 21.6. The van der Waals surface area contributed by atoms with Gasteiger partial charge in [0, 0.05) is 98.9 Å². The molecule has 5 aromatic rings. The lowest BCUT2D eigenvalue weighted by Gasteiger charge is -2.37. The van der Waals surface area contributed by atoms with Crippen LogP contribution in [0, 0.1) is 11.7 Å². The molecule has 8 N–H and O–H groups in total. The molecule has 9 amide bonds. The van der Waals surface area contributed by atoms with Crippen LogP contribution in [0.4, 0.5) is 10.1 Å². The van der Waals surface area contributed by atoms with Gasteiger partial charge in [-0.05, 0) is 135 Å². The Morgan fingerprint density at radius 3 is 2.29 bits per heavy atom. The highest BCUT2D eigenvalue weighted by molar-refractivity contribution is 7.98. The summed E-state index contributed by atoms with van der Waals surface area (Å²) < 4.78 is 41.7. The topological polar surface area (TPSA) is 352 Å². The highest BCUT2D eigenvalue weighted by Crippen LogP contribution is 2.43. The molecule has 0 aliphatic carbocycles. The number of carbonyl (C=O) groups is 10. The van der Waals surface area contributed by atoms with Gasteiger partial charge in [-0.2, -0.15) is 23.5 Å². The van der Waals surface area contributed by atoms with Crippen LogP contribution in [0.1, 0.15) is 111 Å². The number of quaternary nitrogens is 1. The smallest absolute Gasteiger partial charge is 0.246 e. The highest BCUT2D eigenvalue weighted by Gasteiger charge is 2.50. The maximum atomic E-state index is 16.3. The van der Waals surface area contributed by atoms with E-state index in [-0.39, 0.29) is 97.6 Å². The molecule has 2 unspecified atom stereocenters. The van der Waals surface area contributed by atoms with Crippen molar-refractivity contribution >= 4 is 88.2 Å². The first kappa shape index (κ1) is 85.6. The van der Waals surface area contributed by atoms with Crippen LogP contribution in [0.3, 0.4) is 0 Å². The summed E-state index contributed by atoms with van der Waals surface area (Å²) in [4.78, 5) is 155. The molecule has 11 rings (SSSR count). The zero-order chi connectivity index (χ0) is 81.2. The van der Waals surface area contributed by atoms with E-state index in [4.69, 9.17) is 18.9 Å². The number of anilines is 1. The summed E-state index contributed by atoms with van der Waals surface area (Å²) in [7, 11) is 7.69. The second kappa shape index (κ2) is 39.8. The molecule has 1 aromatic heterocycles. The molecule has 14 bridgehead atoms. The second-order valence-corrected chi connectivity index (χ2v) is 33.6. The predicted octanol–water partition coefficient (Wildman–Crippen LogP) is 3.52. The molecule has 6 aliphatic heterocycles. The van der Waals surface area contributed by atoms with Crippen molar-refractivity contribution in [3.05, 3.63) is 148 Å². The van der Waals surface area contributed by atoms with Crippen molar-refractivity contribution in [2.45, 2.75) is 163 Å². The van der Waals surface area contributed by atoms with Crippen molar-refractivity contribution in [2.24, 2.45) is 5.92 Å². The largest absolute Gasteiger partial charge is 0.497 e. The van der Waals surface area contributed by atoms with Gasteiger partial charge < -0.3 is 80.5 Å². The van der Waals surface area contributed by atoms with E-state index >= 15 is 28.4 Å². The Bertz CT molecular complexity index is 4300. The zero-order valence-corrected chi connectivity index (χ0v) is 67.6. The van der Waals surface area contributed by atoms with E-state index in [1.807, 2.05) is 47.4 Å². The summed E-state index contributed by atoms with van der Waals surface area (Å²) in [5.41, 5.74) is 4.85. The van der Waals surface area contributed by atoms with E-state index in [1.165, 1.54) is 54.7 Å². The molecule has 4 aromatic carbocycles. The third kappa shape index (κ3) is 23.0. The van der Waals surface area contributed by atoms with Crippen LogP contribution < -0.4 is 46.9 Å². The molecule has 2 saturated heterocycles. The van der Waals surface area contributed by atoms with E-state index in [2.05, 4.69) is 68.7 Å². The van der Waals surface area contributed by atoms with E-state index in [0.717, 1.165) is 27.7 Å². The number of methoxy groups -OCH3 is 1. The summed E-state index contributed by atoms with van der Waals surface area (Å²) in [6, 6.07) is 15.9. The molecule has 0 saturated carbocycles. The quantitative estimate of drug-likeness (QED) is 0.0422. The van der Waals surface area contributed by atoms with Crippen LogP contribution in [-0.2, 0) is 99.5 Å². The SMILES string of the molecule is COc1ccc(C[C@@H]2NC(=O)C([C@@H](C)O)NC(=O)[C@@H]3[C@@H]4CCN3C(=O)[C@H]3CC(=O)[C@H](Cc5cccc(c5)C/C=C/CO4)NC(=O)[C@@H](C)NC(=O)[C@H](CNC(=O)CCOCCOCC[N+](C)(C)C)NC(=O)CCSCc4cc(cc(c4)-n4cc(nn4)CN4CC(C3)c3cc(F)ccc34)CSCCNC(=O)[C@]3(C)CCCN3C2=O)cc1. The van der Waals surface area contributed by atoms with Gasteiger partial charge in [-0.1, -0.05) is 59.8 Å². The maximum absolute atomic E-state index is 16.3. The molecule has 7 heterocycles. The van der Waals surface area contributed by atoms with E-state index in [0.29, 0.717) is 95.0 Å². The van der Waals surface area contributed by atoms with E-state index in [1.54, 1.807) is 72.0 Å². The number of aromatic nitrogens is 3. The number of allylic oxidation sites excluding steroid dienone is 1. The number of hydrogen-bond donors (Lipinski definition) is 8. The standard InChI is InChI=1S/C82H107FN14O15S2/c1-51-75(102)88-65-41-55-14-10-13-53(36-55)12-8-9-29-112-70-21-27-94-74(70)78(105)90-73(52(2)98)77(104)89-66(40-54-15-18-63(109-7)19-16-54)80(107)95-26-11-24-82(95,3)81(108)84-25-35-114-50-57-37-56(49-113-34-23-72(101)87-67(76(103)86-51)45-85-71(100)22-30-110-32-33-111-31-28-97(4,5)6)38-62(39-57)96-48-61(91-92-96)47-93-46-59(42-58(79(94)106)43-69(65)99)64-44-60(83)17-20-68(64)93/h8-10,13-20,36-39,44,48,51-52,58-59,65-67,70,73-74,98H,11-12,21-35,40-43,45-47,49-50H2,1-7H3,(H6-,84,85,86,87,88,89,90,100,101,102,103,104,105,108)/p+1/b9-8+/t51-,52-,58-,59?,65+,66+,67+,70+,73?,74+,82+/m1/s1. The number of ether oxygens (including phenoxy) is 4. The molecule has 32 heteroatoms. The predicted molar refractivity (Wildman–Crippen MR) is 427 cm³/mol. The molecule has 6 aliphatic rings. The van der Waals surface area contributed by atoms with Gasteiger partial charge in [-0.3, -0.25) is 47.9 Å². The van der Waals surface area contributed by atoms with Crippen LogP contribution >= 0.6 is 23.5 Å². The number of Topliss-reactive ketones (excluding diaryl/α,β-unsaturated/α-hetero) is 1. The molecule has 614 valence electrons. The number of hydrogen-bond acceptors (Lipinski definition) is 20. The number of ketones is 1. The lowest BCUT2D eigenvalue weighted by Crippen LogP contribution is -2.63. The first-order chi connectivity index (χ1) is 54.7. The molecule has 2 fully saturated rings. The van der Waals surface area contributed by atoms with Crippen LogP contribution in [0.5, 0.6) is 5.75 Å². The number of carbonyl (C=O) groups excluding carboxylic acids is 10. The number of amides is 9. The van der Waals surface area contributed by atoms with Crippen molar-refractivity contribution in [1.29, 1.82) is 0 Å². The number of rotatable bonds is 15. The number of thioether (sulfide) groups is 2. The lowest BCUT2D eigenvalue weighted by molar-refractivity contribution is -0.870. The van der Waals surface area contributed by atoms with Crippen LogP contribution in [0.2, 0.25) is 0 Å². The van der Waals surface area contributed by atoms with Gasteiger partial charge in [-0.25, -0.2) is 9.07 Å². The number of aliphatic hydroxyl groups is 1. The van der Waals surface area contributed by atoms with Crippen LogP contribution in [0.15, 0.2) is 103 Å². The number of fused-ring (bicyclic) bond motifs is 8. The van der Waals surface area contributed by atoms with Crippen molar-refractivity contribution in [1.82, 2.24) is 62.0 Å². The van der Waals surface area contributed by atoms with Crippen molar-refractivity contribution < 1.29 is 80.9 Å². The Hall–Kier alpha value is -9.31. The Morgan fingerprint density at radius 2 is 1.54 bits per heavy atom.